The molecule has 3 N–H and O–H groups in total. The number of amides is 1. The summed E-state index contributed by atoms with van der Waals surface area (Å²) in [7, 11) is 1.57. The predicted molar refractivity (Wildman–Crippen MR) is 56.7 cm³/mol. The van der Waals surface area contributed by atoms with Crippen LogP contribution in [0.5, 0.6) is 0 Å². The van der Waals surface area contributed by atoms with Gasteiger partial charge in [0.05, 0.1) is 13.1 Å². The molecule has 0 aromatic carbocycles. The molecule has 0 radical (unpaired) electrons. The van der Waals surface area contributed by atoms with Crippen molar-refractivity contribution >= 4 is 11.9 Å². The van der Waals surface area contributed by atoms with Crippen LogP contribution in [0.25, 0.3) is 0 Å². The molecule has 88 valence electrons. The molecule has 0 saturated heterocycles. The predicted octanol–water partition coefficient (Wildman–Crippen LogP) is -0.520. The molecule has 16 heavy (non-hydrogen) atoms. The van der Waals surface area contributed by atoms with Crippen molar-refractivity contribution in [3.05, 3.63) is 5.89 Å². The molecular formula is C9H15N5O2. The molecule has 0 unspecified atom stereocenters. The summed E-state index contributed by atoms with van der Waals surface area (Å²) in [4.78, 5) is 10.9. The third-order valence-electron chi connectivity index (χ3n) is 2.27. The average Bonchev–Trinajstić information content (AvgIpc) is 3.02. The second kappa shape index (κ2) is 4.93. The monoisotopic (exact) mass is 225 g/mol. The van der Waals surface area contributed by atoms with Gasteiger partial charge in [-0.3, -0.25) is 4.79 Å². The van der Waals surface area contributed by atoms with Crippen LogP contribution < -0.4 is 16.0 Å². The van der Waals surface area contributed by atoms with Crippen LogP contribution in [0, 0.1) is 0 Å². The topological polar surface area (TPSA) is 92.1 Å². The summed E-state index contributed by atoms with van der Waals surface area (Å²) in [5.41, 5.74) is 0. The van der Waals surface area contributed by atoms with Gasteiger partial charge in [-0.2, -0.15) is 0 Å². The van der Waals surface area contributed by atoms with Gasteiger partial charge in [-0.25, -0.2) is 0 Å². The van der Waals surface area contributed by atoms with E-state index < -0.39 is 0 Å². The summed E-state index contributed by atoms with van der Waals surface area (Å²) in [5, 5.41) is 16.1. The Kier molecular flexibility index (Phi) is 3.35. The molecule has 0 atom stereocenters. The number of carbonyl (C=O) groups excluding carboxylic acids is 1. The van der Waals surface area contributed by atoms with Crippen molar-refractivity contribution in [1.82, 2.24) is 20.8 Å². The van der Waals surface area contributed by atoms with Gasteiger partial charge in [-0.05, 0) is 12.8 Å². The second-order valence-electron chi connectivity index (χ2n) is 3.68. The van der Waals surface area contributed by atoms with Gasteiger partial charge in [0.25, 0.3) is 0 Å². The Bertz CT molecular complexity index is 361. The van der Waals surface area contributed by atoms with Crippen molar-refractivity contribution in [2.75, 3.05) is 18.9 Å². The van der Waals surface area contributed by atoms with Gasteiger partial charge in [0.2, 0.25) is 11.8 Å². The van der Waals surface area contributed by atoms with Crippen molar-refractivity contribution in [2.24, 2.45) is 0 Å². The number of anilines is 1. The average molecular weight is 225 g/mol. The molecule has 1 aliphatic carbocycles. The van der Waals surface area contributed by atoms with Gasteiger partial charge >= 0.3 is 6.01 Å². The van der Waals surface area contributed by atoms with E-state index in [1.54, 1.807) is 7.05 Å². The minimum Gasteiger partial charge on any atom is -0.407 e. The molecule has 1 aliphatic rings. The molecule has 1 aromatic heterocycles. The normalized spacial score (nSPS) is 14.8. The first-order valence-corrected chi connectivity index (χ1v) is 5.28. The number of aromatic nitrogens is 2. The Hall–Kier alpha value is -1.63. The van der Waals surface area contributed by atoms with Gasteiger partial charge < -0.3 is 20.4 Å². The van der Waals surface area contributed by atoms with Gasteiger partial charge in [0.1, 0.15) is 0 Å². The van der Waals surface area contributed by atoms with Gasteiger partial charge in [0, 0.05) is 13.1 Å². The molecule has 0 aliphatic heterocycles. The maximum absolute atomic E-state index is 10.9. The molecular weight excluding hydrogens is 210 g/mol. The van der Waals surface area contributed by atoms with E-state index in [4.69, 9.17) is 4.42 Å². The Balaban J connectivity index is 1.74. The Morgan fingerprint density at radius 3 is 3.00 bits per heavy atom. The smallest absolute Gasteiger partial charge is 0.315 e. The highest BCUT2D eigenvalue weighted by Gasteiger charge is 2.21. The van der Waals surface area contributed by atoms with Gasteiger partial charge in [0.15, 0.2) is 0 Å². The highest BCUT2D eigenvalue weighted by molar-refractivity contribution is 5.79. The second-order valence-corrected chi connectivity index (χ2v) is 3.68. The highest BCUT2D eigenvalue weighted by atomic mass is 16.4. The standard InChI is InChI=1S/C9H15N5O2/c1-10-7(15)4-12-9-14-13-8(16-9)5-11-6-2-3-6/h6,11H,2-5H2,1H3,(H,10,15)(H,12,14). The number of rotatable bonds is 6. The zero-order chi connectivity index (χ0) is 11.4. The van der Waals surface area contributed by atoms with Crippen molar-refractivity contribution in [3.63, 3.8) is 0 Å². The lowest BCUT2D eigenvalue weighted by atomic mass is 10.6. The number of hydrogen-bond donors (Lipinski definition) is 3. The summed E-state index contributed by atoms with van der Waals surface area (Å²) >= 11 is 0. The van der Waals surface area contributed by atoms with E-state index in [2.05, 4.69) is 26.1 Å². The third-order valence-corrected chi connectivity index (χ3v) is 2.27. The van der Waals surface area contributed by atoms with E-state index in [0.717, 1.165) is 0 Å². The first-order chi connectivity index (χ1) is 7.78. The quantitative estimate of drug-likeness (QED) is 0.603. The van der Waals surface area contributed by atoms with E-state index in [9.17, 15) is 4.79 Å². The molecule has 2 rings (SSSR count). The van der Waals surface area contributed by atoms with Gasteiger partial charge in [-0.15, -0.1) is 5.10 Å². The van der Waals surface area contributed by atoms with Crippen LogP contribution in [0.3, 0.4) is 0 Å². The fraction of sp³-hybridized carbons (Fsp3) is 0.667. The van der Waals surface area contributed by atoms with Crippen molar-refractivity contribution < 1.29 is 9.21 Å². The minimum atomic E-state index is -0.129. The highest BCUT2D eigenvalue weighted by Crippen LogP contribution is 2.19. The number of carbonyl (C=O) groups is 1. The zero-order valence-corrected chi connectivity index (χ0v) is 9.12. The summed E-state index contributed by atoms with van der Waals surface area (Å²) in [6.45, 7) is 0.716. The lowest BCUT2D eigenvalue weighted by Crippen LogP contribution is -2.26. The summed E-state index contributed by atoms with van der Waals surface area (Å²) in [6.07, 6.45) is 2.44. The Morgan fingerprint density at radius 2 is 2.31 bits per heavy atom. The van der Waals surface area contributed by atoms with Crippen LogP contribution in [-0.2, 0) is 11.3 Å². The number of nitrogens with one attached hydrogen (secondary N) is 3. The lowest BCUT2D eigenvalue weighted by molar-refractivity contribution is -0.118. The third kappa shape index (κ3) is 3.20. The molecule has 1 aromatic rings. The molecule has 7 nitrogen and oxygen atoms in total. The van der Waals surface area contributed by atoms with Crippen LogP contribution in [0.1, 0.15) is 18.7 Å². The van der Waals surface area contributed by atoms with Crippen LogP contribution in [0.15, 0.2) is 4.42 Å². The Morgan fingerprint density at radius 1 is 1.50 bits per heavy atom. The van der Waals surface area contributed by atoms with Crippen molar-refractivity contribution in [2.45, 2.75) is 25.4 Å². The van der Waals surface area contributed by atoms with E-state index in [1.165, 1.54) is 12.8 Å². The lowest BCUT2D eigenvalue weighted by Gasteiger charge is -1.99. The van der Waals surface area contributed by atoms with Crippen LogP contribution >= 0.6 is 0 Å². The minimum absolute atomic E-state index is 0.129. The molecule has 1 saturated carbocycles. The molecule has 1 amide bonds. The van der Waals surface area contributed by atoms with Crippen LogP contribution in [-0.4, -0.2) is 35.7 Å². The van der Waals surface area contributed by atoms with Crippen LogP contribution in [0.2, 0.25) is 0 Å². The van der Waals surface area contributed by atoms with Crippen molar-refractivity contribution in [1.29, 1.82) is 0 Å². The van der Waals surface area contributed by atoms with E-state index in [-0.39, 0.29) is 18.5 Å². The first kappa shape index (κ1) is 10.9. The van der Waals surface area contributed by atoms with Crippen LogP contribution in [0.4, 0.5) is 6.01 Å². The number of hydrogen-bond acceptors (Lipinski definition) is 6. The largest absolute Gasteiger partial charge is 0.407 e. The molecule has 0 spiro atoms. The Labute approximate surface area is 93.0 Å². The summed E-state index contributed by atoms with van der Waals surface area (Å²) < 4.78 is 5.28. The molecule has 1 fully saturated rings. The maximum Gasteiger partial charge on any atom is 0.315 e. The zero-order valence-electron chi connectivity index (χ0n) is 9.12. The van der Waals surface area contributed by atoms with E-state index in [0.29, 0.717) is 18.5 Å². The first-order valence-electron chi connectivity index (χ1n) is 5.28. The summed E-state index contributed by atoms with van der Waals surface area (Å²) in [5.74, 6) is 0.405. The van der Waals surface area contributed by atoms with Gasteiger partial charge in [-0.1, -0.05) is 5.10 Å². The molecule has 1 heterocycles. The molecule has 0 bridgehead atoms. The fourth-order valence-corrected chi connectivity index (χ4v) is 1.16. The number of nitrogens with zero attached hydrogens (tertiary/aromatic N) is 2. The number of likely N-dealkylation sites (N-methyl/N-ethyl adjacent to an activating group) is 1. The molecule has 7 heteroatoms. The van der Waals surface area contributed by atoms with Crippen molar-refractivity contribution in [3.8, 4) is 0 Å². The maximum atomic E-state index is 10.9. The van der Waals surface area contributed by atoms with E-state index in [1.807, 2.05) is 0 Å². The summed E-state index contributed by atoms with van der Waals surface area (Å²) in [6, 6.07) is 0.880. The van der Waals surface area contributed by atoms with E-state index >= 15 is 0 Å². The SMILES string of the molecule is CNC(=O)CNc1nnc(CNC2CC2)o1. The fourth-order valence-electron chi connectivity index (χ4n) is 1.16.